The zero-order chi connectivity index (χ0) is 18.4. The molecule has 0 aliphatic heterocycles. The van der Waals surface area contributed by atoms with E-state index in [1.807, 2.05) is 0 Å². The van der Waals surface area contributed by atoms with Gasteiger partial charge < -0.3 is 19.9 Å². The van der Waals surface area contributed by atoms with Gasteiger partial charge in [-0.25, -0.2) is 9.78 Å². The third kappa shape index (κ3) is 4.41. The number of hydrogen-bond acceptors (Lipinski definition) is 7. The highest BCUT2D eigenvalue weighted by Crippen LogP contribution is 2.21. The highest BCUT2D eigenvalue weighted by molar-refractivity contribution is 7.17. The molecule has 0 spiro atoms. The van der Waals surface area contributed by atoms with Gasteiger partial charge in [0.2, 0.25) is 5.91 Å². The first-order valence-electron chi connectivity index (χ1n) is 7.48. The fourth-order valence-corrected chi connectivity index (χ4v) is 3.18. The Morgan fingerprint density at radius 1 is 1.32 bits per heavy atom. The molecule has 2 aromatic heterocycles. The van der Waals surface area contributed by atoms with E-state index >= 15 is 0 Å². The Labute approximate surface area is 147 Å². The minimum atomic E-state index is -1.20. The average Bonchev–Trinajstić information content (AvgIpc) is 3.00. The number of carbonyl (C=O) groups is 2. The Kier molecular flexibility index (Phi) is 6.62. The second kappa shape index (κ2) is 8.70. The lowest BCUT2D eigenvalue weighted by molar-refractivity contribution is -0.121. The number of rotatable bonds is 9. The molecule has 0 saturated carbocycles. The highest BCUT2D eigenvalue weighted by atomic mass is 32.1. The number of nitrogens with zero attached hydrogens (tertiary/aromatic N) is 2. The summed E-state index contributed by atoms with van der Waals surface area (Å²) in [5.41, 5.74) is -0.652. The summed E-state index contributed by atoms with van der Waals surface area (Å²) in [6, 6.07) is 0. The van der Waals surface area contributed by atoms with Crippen LogP contribution in [0.25, 0.3) is 10.2 Å². The maximum absolute atomic E-state index is 12.8. The molecule has 0 radical (unpaired) electrons. The molecule has 0 bridgehead atoms. The summed E-state index contributed by atoms with van der Waals surface area (Å²) in [7, 11) is 3.04. The number of fused-ring (bicyclic) bond motifs is 1. The zero-order valence-corrected chi connectivity index (χ0v) is 14.7. The number of carbonyl (C=O) groups excluding carboxylic acids is 1. The predicted molar refractivity (Wildman–Crippen MR) is 91.3 cm³/mol. The van der Waals surface area contributed by atoms with Crippen molar-refractivity contribution in [3.8, 4) is 0 Å². The SMILES string of the molecule is COCCNC(=O)Cn1c(CCOC)nc2scc(C(=O)O)c2c1=O. The molecule has 0 aliphatic rings. The number of ether oxygens (including phenoxy) is 2. The number of methoxy groups -OCH3 is 2. The van der Waals surface area contributed by atoms with Crippen molar-refractivity contribution in [3.63, 3.8) is 0 Å². The molecule has 0 aliphatic carbocycles. The van der Waals surface area contributed by atoms with Gasteiger partial charge in [-0.1, -0.05) is 0 Å². The number of thiophene rings is 1. The van der Waals surface area contributed by atoms with Crippen molar-refractivity contribution in [1.29, 1.82) is 0 Å². The maximum atomic E-state index is 12.8. The normalized spacial score (nSPS) is 11.0. The Morgan fingerprint density at radius 3 is 2.68 bits per heavy atom. The smallest absolute Gasteiger partial charge is 0.337 e. The van der Waals surface area contributed by atoms with Gasteiger partial charge in [-0.3, -0.25) is 14.2 Å². The molecule has 2 N–H and O–H groups in total. The number of nitrogens with one attached hydrogen (secondary N) is 1. The van der Waals surface area contributed by atoms with Crippen molar-refractivity contribution in [2.75, 3.05) is 34.0 Å². The van der Waals surface area contributed by atoms with Crippen molar-refractivity contribution in [2.45, 2.75) is 13.0 Å². The molecule has 0 fully saturated rings. The summed E-state index contributed by atoms with van der Waals surface area (Å²) in [4.78, 5) is 40.9. The lowest BCUT2D eigenvalue weighted by Crippen LogP contribution is -2.36. The molecule has 0 saturated heterocycles. The molecule has 0 unspecified atom stereocenters. The van der Waals surface area contributed by atoms with Gasteiger partial charge in [0, 0.05) is 32.6 Å². The fraction of sp³-hybridized carbons (Fsp3) is 0.467. The monoisotopic (exact) mass is 369 g/mol. The van der Waals surface area contributed by atoms with Crippen LogP contribution in [0.1, 0.15) is 16.2 Å². The van der Waals surface area contributed by atoms with E-state index in [2.05, 4.69) is 10.3 Å². The number of aromatic carboxylic acids is 1. The molecule has 0 aromatic carbocycles. The van der Waals surface area contributed by atoms with Crippen molar-refractivity contribution < 1.29 is 24.2 Å². The predicted octanol–water partition coefficient (Wildman–Crippen LogP) is 0.108. The number of hydrogen-bond donors (Lipinski definition) is 2. The van der Waals surface area contributed by atoms with Gasteiger partial charge in [-0.15, -0.1) is 11.3 Å². The standard InChI is InChI=1S/C15H19N3O6S/c1-23-5-3-10-17-13-12(9(8-25-13)15(21)22)14(20)18(10)7-11(19)16-4-6-24-2/h8H,3-7H2,1-2H3,(H,16,19)(H,21,22). The first-order valence-corrected chi connectivity index (χ1v) is 8.36. The Balaban J connectivity index is 2.44. The van der Waals surface area contributed by atoms with Crippen LogP contribution in [0.5, 0.6) is 0 Å². The van der Waals surface area contributed by atoms with Crippen molar-refractivity contribution in [3.05, 3.63) is 27.1 Å². The minimum Gasteiger partial charge on any atom is -0.478 e. The molecule has 136 valence electrons. The van der Waals surface area contributed by atoms with Crippen molar-refractivity contribution in [1.82, 2.24) is 14.9 Å². The van der Waals surface area contributed by atoms with E-state index in [1.54, 1.807) is 0 Å². The molecule has 2 heterocycles. The molecule has 1 amide bonds. The molecule has 9 nitrogen and oxygen atoms in total. The summed E-state index contributed by atoms with van der Waals surface area (Å²) in [6.45, 7) is 0.730. The average molecular weight is 369 g/mol. The van der Waals surface area contributed by atoms with Crippen LogP contribution in [0.4, 0.5) is 0 Å². The van der Waals surface area contributed by atoms with Gasteiger partial charge in [0.05, 0.1) is 24.2 Å². The quantitative estimate of drug-likeness (QED) is 0.602. The first kappa shape index (κ1) is 19.0. The molecular formula is C15H19N3O6S. The van der Waals surface area contributed by atoms with Gasteiger partial charge in [0.1, 0.15) is 17.2 Å². The fourth-order valence-electron chi connectivity index (χ4n) is 2.26. The van der Waals surface area contributed by atoms with Gasteiger partial charge in [-0.2, -0.15) is 0 Å². The van der Waals surface area contributed by atoms with Gasteiger partial charge in [0.15, 0.2) is 0 Å². The third-order valence-corrected chi connectivity index (χ3v) is 4.34. The van der Waals surface area contributed by atoms with E-state index in [9.17, 15) is 19.5 Å². The first-order chi connectivity index (χ1) is 12.0. The summed E-state index contributed by atoms with van der Waals surface area (Å²) in [5, 5.41) is 13.3. The molecule has 25 heavy (non-hydrogen) atoms. The zero-order valence-electron chi connectivity index (χ0n) is 13.9. The number of carboxylic acids is 1. The highest BCUT2D eigenvalue weighted by Gasteiger charge is 2.20. The van der Waals surface area contributed by atoms with E-state index in [0.717, 1.165) is 11.3 Å². The second-order valence-corrected chi connectivity index (χ2v) is 6.00. The van der Waals surface area contributed by atoms with Gasteiger partial charge in [-0.05, 0) is 0 Å². The van der Waals surface area contributed by atoms with E-state index in [1.165, 1.54) is 24.2 Å². The number of aromatic nitrogens is 2. The molecule has 0 atom stereocenters. The van der Waals surface area contributed by atoms with Crippen LogP contribution in [0, 0.1) is 0 Å². The summed E-state index contributed by atoms with van der Waals surface area (Å²) in [5.74, 6) is -1.21. The third-order valence-electron chi connectivity index (χ3n) is 3.46. The van der Waals surface area contributed by atoms with Crippen LogP contribution in [0.15, 0.2) is 10.2 Å². The van der Waals surface area contributed by atoms with E-state index in [0.29, 0.717) is 36.8 Å². The largest absolute Gasteiger partial charge is 0.478 e. The minimum absolute atomic E-state index is 0.0170. The van der Waals surface area contributed by atoms with Gasteiger partial charge in [0.25, 0.3) is 5.56 Å². The van der Waals surface area contributed by atoms with Crippen LogP contribution >= 0.6 is 11.3 Å². The lowest BCUT2D eigenvalue weighted by Gasteiger charge is -2.12. The Hall–Kier alpha value is -2.30. The lowest BCUT2D eigenvalue weighted by atomic mass is 10.2. The van der Waals surface area contributed by atoms with Crippen LogP contribution in [0.3, 0.4) is 0 Å². The van der Waals surface area contributed by atoms with E-state index < -0.39 is 11.5 Å². The van der Waals surface area contributed by atoms with Gasteiger partial charge >= 0.3 is 5.97 Å². The van der Waals surface area contributed by atoms with Crippen LogP contribution in [0.2, 0.25) is 0 Å². The maximum Gasteiger partial charge on any atom is 0.337 e. The number of carboxylic acid groups (broad SMARTS) is 1. The summed E-state index contributed by atoms with van der Waals surface area (Å²) < 4.78 is 11.1. The van der Waals surface area contributed by atoms with E-state index in [-0.39, 0.29) is 23.4 Å². The molecule has 2 rings (SSSR count). The summed E-state index contributed by atoms with van der Waals surface area (Å²) in [6.07, 6.45) is 0.327. The second-order valence-electron chi connectivity index (χ2n) is 5.14. The Morgan fingerprint density at radius 2 is 2.04 bits per heavy atom. The van der Waals surface area contributed by atoms with E-state index in [4.69, 9.17) is 9.47 Å². The molecular weight excluding hydrogens is 350 g/mol. The van der Waals surface area contributed by atoms with Crippen molar-refractivity contribution in [2.24, 2.45) is 0 Å². The number of amides is 1. The van der Waals surface area contributed by atoms with Crippen molar-refractivity contribution >= 4 is 33.4 Å². The topological polar surface area (TPSA) is 120 Å². The molecule has 2 aromatic rings. The van der Waals surface area contributed by atoms with Crippen LogP contribution in [-0.4, -0.2) is 60.5 Å². The molecule has 10 heteroatoms. The summed E-state index contributed by atoms with van der Waals surface area (Å²) >= 11 is 1.09. The Bertz CT molecular complexity index is 829. The van der Waals surface area contributed by atoms with Crippen LogP contribution < -0.4 is 10.9 Å². The van der Waals surface area contributed by atoms with Crippen LogP contribution in [-0.2, 0) is 27.2 Å².